The number of fused-ring (bicyclic) bond motifs is 1. The highest BCUT2D eigenvalue weighted by molar-refractivity contribution is 5.95. The fraction of sp³-hybridized carbons (Fsp3) is 0.500. The molecule has 2 heterocycles. The Bertz CT molecular complexity index is 1050. The number of aliphatic hydroxyl groups is 1. The third-order valence-electron chi connectivity index (χ3n) is 6.23. The zero-order chi connectivity index (χ0) is 19.1. The second kappa shape index (κ2) is 5.32. The van der Waals surface area contributed by atoms with Gasteiger partial charge in [0.25, 0.3) is 0 Å². The van der Waals surface area contributed by atoms with E-state index in [1.165, 1.54) is 12.3 Å². The van der Waals surface area contributed by atoms with E-state index in [1.54, 1.807) is 6.92 Å². The molecule has 1 aromatic heterocycles. The zero-order valence-electron chi connectivity index (χ0n) is 15.0. The maximum absolute atomic E-state index is 15.0. The summed E-state index contributed by atoms with van der Waals surface area (Å²) in [7, 11) is 0. The van der Waals surface area contributed by atoms with Crippen LogP contribution in [0.4, 0.5) is 10.1 Å². The van der Waals surface area contributed by atoms with E-state index in [-0.39, 0.29) is 17.0 Å². The molecule has 2 saturated carbocycles. The molecule has 2 N–H and O–H groups in total. The highest BCUT2D eigenvalue weighted by atomic mass is 19.1. The monoisotopic (exact) mass is 372 g/mol. The third-order valence-corrected chi connectivity index (χ3v) is 6.23. The molecule has 0 amide bonds. The number of aryl methyl sites for hydroxylation is 1. The van der Waals surface area contributed by atoms with Gasteiger partial charge < -0.3 is 19.7 Å². The van der Waals surface area contributed by atoms with Gasteiger partial charge in [-0.1, -0.05) is 0 Å². The number of benzene rings is 1. The van der Waals surface area contributed by atoms with Crippen molar-refractivity contribution in [3.05, 3.63) is 39.4 Å². The Kier molecular flexibility index (Phi) is 3.30. The minimum atomic E-state index is -1.30. The molecule has 3 fully saturated rings. The Morgan fingerprint density at radius 1 is 1.26 bits per heavy atom. The smallest absolute Gasteiger partial charge is 0.341 e. The topological polar surface area (TPSA) is 82.8 Å². The number of hydrogen-bond donors (Lipinski definition) is 2. The first-order valence-electron chi connectivity index (χ1n) is 9.39. The van der Waals surface area contributed by atoms with Gasteiger partial charge in [-0.3, -0.25) is 4.79 Å². The summed E-state index contributed by atoms with van der Waals surface area (Å²) in [5.41, 5.74) is -0.0785. The first kappa shape index (κ1) is 16.7. The number of carboxylic acid groups (broad SMARTS) is 1. The van der Waals surface area contributed by atoms with Crippen molar-refractivity contribution in [1.29, 1.82) is 0 Å². The van der Waals surface area contributed by atoms with Gasteiger partial charge in [0.2, 0.25) is 5.43 Å². The number of aromatic carboxylic acids is 1. The Hall–Kier alpha value is -2.41. The van der Waals surface area contributed by atoms with Crippen LogP contribution in [0.2, 0.25) is 0 Å². The maximum atomic E-state index is 15.0. The molecule has 0 bridgehead atoms. The van der Waals surface area contributed by atoms with Crippen molar-refractivity contribution in [2.24, 2.45) is 5.92 Å². The molecule has 3 aliphatic rings. The van der Waals surface area contributed by atoms with Crippen LogP contribution in [0.5, 0.6) is 0 Å². The lowest BCUT2D eigenvalue weighted by Gasteiger charge is -2.49. The second-order valence-corrected chi connectivity index (χ2v) is 8.28. The minimum absolute atomic E-state index is 0.110. The predicted molar refractivity (Wildman–Crippen MR) is 98.0 cm³/mol. The average molecular weight is 372 g/mol. The van der Waals surface area contributed by atoms with E-state index in [4.69, 9.17) is 0 Å². The predicted octanol–water partition coefficient (Wildman–Crippen LogP) is 2.44. The van der Waals surface area contributed by atoms with Gasteiger partial charge >= 0.3 is 5.97 Å². The number of anilines is 1. The lowest BCUT2D eigenvalue weighted by atomic mass is 9.87. The number of halogens is 1. The number of nitrogens with zero attached hydrogens (tertiary/aromatic N) is 2. The number of hydrogen-bond acceptors (Lipinski definition) is 4. The van der Waals surface area contributed by atoms with Crippen molar-refractivity contribution in [1.82, 2.24) is 4.57 Å². The van der Waals surface area contributed by atoms with E-state index in [2.05, 4.69) is 0 Å². The largest absolute Gasteiger partial charge is 0.477 e. The van der Waals surface area contributed by atoms with Gasteiger partial charge in [0.15, 0.2) is 0 Å². The lowest BCUT2D eigenvalue weighted by Crippen LogP contribution is -2.63. The summed E-state index contributed by atoms with van der Waals surface area (Å²) in [6.07, 6.45) is 5.25. The molecular weight excluding hydrogens is 351 g/mol. The van der Waals surface area contributed by atoms with Crippen LogP contribution in [-0.2, 0) is 0 Å². The Balaban J connectivity index is 1.68. The number of aromatic nitrogens is 1. The molecule has 6 nitrogen and oxygen atoms in total. The summed E-state index contributed by atoms with van der Waals surface area (Å²) in [4.78, 5) is 25.9. The summed E-state index contributed by atoms with van der Waals surface area (Å²) < 4.78 is 16.8. The molecule has 2 aliphatic carbocycles. The van der Waals surface area contributed by atoms with Crippen LogP contribution in [0.15, 0.2) is 17.1 Å². The van der Waals surface area contributed by atoms with Crippen molar-refractivity contribution in [2.75, 3.05) is 18.0 Å². The van der Waals surface area contributed by atoms with Gasteiger partial charge in [0.1, 0.15) is 17.0 Å². The lowest BCUT2D eigenvalue weighted by molar-refractivity contribution is -0.00967. The Morgan fingerprint density at radius 2 is 1.93 bits per heavy atom. The number of rotatable bonds is 4. The van der Waals surface area contributed by atoms with Gasteiger partial charge in [-0.25, -0.2) is 9.18 Å². The minimum Gasteiger partial charge on any atom is -0.477 e. The number of pyridine rings is 1. The Morgan fingerprint density at radius 3 is 2.48 bits per heavy atom. The summed E-state index contributed by atoms with van der Waals surface area (Å²) >= 11 is 0. The average Bonchev–Trinajstić information content (AvgIpc) is 3.45. The zero-order valence-corrected chi connectivity index (χ0v) is 15.0. The van der Waals surface area contributed by atoms with Crippen molar-refractivity contribution in [2.45, 2.75) is 44.2 Å². The molecule has 2 aromatic rings. The highest BCUT2D eigenvalue weighted by Crippen LogP contribution is 2.47. The van der Waals surface area contributed by atoms with Gasteiger partial charge in [0.05, 0.1) is 11.2 Å². The molecule has 7 heteroatoms. The molecule has 0 radical (unpaired) electrons. The first-order valence-corrected chi connectivity index (χ1v) is 9.39. The number of carboxylic acids is 1. The fourth-order valence-corrected chi connectivity index (χ4v) is 4.50. The molecule has 5 rings (SSSR count). The van der Waals surface area contributed by atoms with E-state index >= 15 is 0 Å². The van der Waals surface area contributed by atoms with E-state index in [1.807, 2.05) is 9.47 Å². The van der Waals surface area contributed by atoms with Crippen LogP contribution < -0.4 is 10.3 Å². The standard InChI is InChI=1S/C20H21FN2O4/c1-10-16-13(18(24)14(19(25)26)7-23(16)12-4-5-12)6-15(21)17(10)22-8-20(27,9-22)11-2-3-11/h6-7,11-12,27H,2-5,8-9H2,1H3,(H,25,26). The van der Waals surface area contributed by atoms with Crippen molar-refractivity contribution in [3.63, 3.8) is 0 Å². The van der Waals surface area contributed by atoms with Crippen molar-refractivity contribution < 1.29 is 19.4 Å². The van der Waals surface area contributed by atoms with E-state index in [0.717, 1.165) is 25.7 Å². The van der Waals surface area contributed by atoms with Crippen molar-refractivity contribution >= 4 is 22.6 Å². The van der Waals surface area contributed by atoms with E-state index in [9.17, 15) is 24.2 Å². The van der Waals surface area contributed by atoms with Crippen LogP contribution in [0.3, 0.4) is 0 Å². The molecule has 142 valence electrons. The maximum Gasteiger partial charge on any atom is 0.341 e. The van der Waals surface area contributed by atoms with Gasteiger partial charge in [0, 0.05) is 30.7 Å². The van der Waals surface area contributed by atoms with Gasteiger partial charge in [-0.2, -0.15) is 0 Å². The number of carbonyl (C=O) groups is 1. The normalized spacial score (nSPS) is 21.4. The molecule has 1 aromatic carbocycles. The molecule has 0 spiro atoms. The SMILES string of the molecule is Cc1c(N2CC(O)(C3CC3)C2)c(F)cc2c(=O)c(C(=O)O)cn(C3CC3)c12. The van der Waals surface area contributed by atoms with Crippen LogP contribution in [0, 0.1) is 18.7 Å². The fourth-order valence-electron chi connectivity index (χ4n) is 4.50. The van der Waals surface area contributed by atoms with Gasteiger partial charge in [-0.15, -0.1) is 0 Å². The molecule has 0 unspecified atom stereocenters. The van der Waals surface area contributed by atoms with Crippen LogP contribution >= 0.6 is 0 Å². The Labute approximate surface area is 154 Å². The molecule has 1 aliphatic heterocycles. The molecule has 1 saturated heterocycles. The second-order valence-electron chi connectivity index (χ2n) is 8.28. The van der Waals surface area contributed by atoms with Crippen molar-refractivity contribution in [3.8, 4) is 0 Å². The first-order chi connectivity index (χ1) is 12.8. The molecule has 0 atom stereocenters. The molecular formula is C20H21FN2O4. The highest BCUT2D eigenvalue weighted by Gasteiger charge is 2.52. The van der Waals surface area contributed by atoms with Crippen LogP contribution in [-0.4, -0.2) is 39.4 Å². The van der Waals surface area contributed by atoms with Crippen LogP contribution in [0.25, 0.3) is 10.9 Å². The van der Waals surface area contributed by atoms with E-state index < -0.39 is 22.8 Å². The summed E-state index contributed by atoms with van der Waals surface area (Å²) in [5.74, 6) is -1.53. The number of β-amino-alcohol motifs (C(OH)–C–C–N with tert-alkyl or cyclic N) is 1. The van der Waals surface area contributed by atoms with Gasteiger partial charge in [-0.05, 0) is 50.2 Å². The van der Waals surface area contributed by atoms with E-state index in [0.29, 0.717) is 35.8 Å². The summed E-state index contributed by atoms with van der Waals surface area (Å²) in [6, 6.07) is 1.31. The molecule has 27 heavy (non-hydrogen) atoms. The summed E-state index contributed by atoms with van der Waals surface area (Å²) in [6.45, 7) is 2.55. The quantitative estimate of drug-likeness (QED) is 0.861. The summed E-state index contributed by atoms with van der Waals surface area (Å²) in [5, 5.41) is 20.0. The van der Waals surface area contributed by atoms with Crippen LogP contribution in [0.1, 0.15) is 47.6 Å². The third kappa shape index (κ3) is 2.41.